The zero-order chi connectivity index (χ0) is 22.6. The van der Waals surface area contributed by atoms with Gasteiger partial charge in [0.2, 0.25) is 5.91 Å². The smallest absolute Gasteiger partial charge is 0.250 e. The number of carbonyl (C=O) groups is 1. The molecule has 0 atom stereocenters. The molecule has 2 heterocycles. The van der Waals surface area contributed by atoms with Crippen LogP contribution in [-0.2, 0) is 4.79 Å². The summed E-state index contributed by atoms with van der Waals surface area (Å²) >= 11 is 5.98. The SMILES string of the molecule is CC(C)(C)[Si](C)(C)Oc1ccc(NC(=O)CC2CCN(c3ccc(Cl)cc3)CC2)nc1. The van der Waals surface area contributed by atoms with E-state index >= 15 is 0 Å². The van der Waals surface area contributed by atoms with Gasteiger partial charge in [0.25, 0.3) is 8.32 Å². The van der Waals surface area contributed by atoms with Crippen molar-refractivity contribution in [3.8, 4) is 5.75 Å². The topological polar surface area (TPSA) is 54.5 Å². The lowest BCUT2D eigenvalue weighted by Crippen LogP contribution is -2.43. The summed E-state index contributed by atoms with van der Waals surface area (Å²) in [6.45, 7) is 13.0. The minimum atomic E-state index is -1.90. The molecular formula is C24H34ClN3O2Si. The summed E-state index contributed by atoms with van der Waals surface area (Å²) in [5.74, 6) is 1.76. The molecule has 5 nitrogen and oxygen atoms in total. The van der Waals surface area contributed by atoms with E-state index in [1.807, 2.05) is 24.3 Å². The van der Waals surface area contributed by atoms with Crippen molar-refractivity contribution in [1.29, 1.82) is 0 Å². The van der Waals surface area contributed by atoms with Crippen LogP contribution in [0.15, 0.2) is 42.6 Å². The van der Waals surface area contributed by atoms with E-state index in [2.05, 4.69) is 61.2 Å². The average Bonchev–Trinajstić information content (AvgIpc) is 2.70. The van der Waals surface area contributed by atoms with E-state index in [4.69, 9.17) is 16.0 Å². The molecule has 31 heavy (non-hydrogen) atoms. The fourth-order valence-corrected chi connectivity index (χ4v) is 4.61. The first-order valence-electron chi connectivity index (χ1n) is 11.0. The summed E-state index contributed by atoms with van der Waals surface area (Å²) in [4.78, 5) is 19.2. The maximum atomic E-state index is 12.5. The predicted octanol–water partition coefficient (Wildman–Crippen LogP) is 6.36. The Kier molecular flexibility index (Phi) is 7.32. The lowest BCUT2D eigenvalue weighted by atomic mass is 9.93. The Labute approximate surface area is 192 Å². The van der Waals surface area contributed by atoms with Gasteiger partial charge in [0.05, 0.1) is 6.20 Å². The van der Waals surface area contributed by atoms with Crippen molar-refractivity contribution >= 4 is 37.3 Å². The van der Waals surface area contributed by atoms with Crippen LogP contribution < -0.4 is 14.6 Å². The molecule has 0 bridgehead atoms. The van der Waals surface area contributed by atoms with Gasteiger partial charge in [-0.15, -0.1) is 0 Å². The highest BCUT2D eigenvalue weighted by atomic mass is 35.5. The third-order valence-corrected chi connectivity index (χ3v) is 11.1. The highest BCUT2D eigenvalue weighted by Gasteiger charge is 2.39. The van der Waals surface area contributed by atoms with Gasteiger partial charge in [-0.1, -0.05) is 32.4 Å². The number of rotatable bonds is 6. The van der Waals surface area contributed by atoms with Crippen molar-refractivity contribution in [1.82, 2.24) is 4.98 Å². The predicted molar refractivity (Wildman–Crippen MR) is 132 cm³/mol. The van der Waals surface area contributed by atoms with Gasteiger partial charge >= 0.3 is 0 Å². The number of hydrogen-bond donors (Lipinski definition) is 1. The Hall–Kier alpha value is -2.05. The Morgan fingerprint density at radius 2 is 1.81 bits per heavy atom. The van der Waals surface area contributed by atoms with Crippen LogP contribution >= 0.6 is 11.6 Å². The van der Waals surface area contributed by atoms with Gasteiger partial charge in [-0.2, -0.15) is 0 Å². The lowest BCUT2D eigenvalue weighted by Gasteiger charge is -2.36. The number of amides is 1. The van der Waals surface area contributed by atoms with Crippen LogP contribution in [-0.4, -0.2) is 32.3 Å². The average molecular weight is 460 g/mol. The fraction of sp³-hybridized carbons (Fsp3) is 0.500. The number of aromatic nitrogens is 1. The molecule has 1 aliphatic heterocycles. The van der Waals surface area contributed by atoms with Gasteiger partial charge in [0.1, 0.15) is 11.6 Å². The van der Waals surface area contributed by atoms with E-state index < -0.39 is 8.32 Å². The molecule has 1 amide bonds. The summed E-state index contributed by atoms with van der Waals surface area (Å²) in [5, 5.41) is 3.82. The van der Waals surface area contributed by atoms with Crippen molar-refractivity contribution in [3.63, 3.8) is 0 Å². The van der Waals surface area contributed by atoms with Crippen molar-refractivity contribution in [3.05, 3.63) is 47.6 Å². The molecule has 1 aromatic carbocycles. The summed E-state index contributed by atoms with van der Waals surface area (Å²) in [6.07, 6.45) is 4.24. The van der Waals surface area contributed by atoms with E-state index in [9.17, 15) is 4.79 Å². The second-order valence-electron chi connectivity index (χ2n) is 9.90. The summed E-state index contributed by atoms with van der Waals surface area (Å²) in [7, 11) is -1.90. The van der Waals surface area contributed by atoms with E-state index in [-0.39, 0.29) is 10.9 Å². The van der Waals surface area contributed by atoms with E-state index in [1.54, 1.807) is 6.20 Å². The number of benzene rings is 1. The number of carbonyl (C=O) groups excluding carboxylic acids is 1. The first-order valence-corrected chi connectivity index (χ1v) is 14.3. The molecule has 168 valence electrons. The Bertz CT molecular complexity index is 871. The van der Waals surface area contributed by atoms with Crippen LogP contribution in [0.1, 0.15) is 40.0 Å². The molecule has 1 N–H and O–H groups in total. The zero-order valence-corrected chi connectivity index (χ0v) is 21.0. The largest absolute Gasteiger partial charge is 0.542 e. The third kappa shape index (κ3) is 6.47. The highest BCUT2D eigenvalue weighted by molar-refractivity contribution is 6.74. The Morgan fingerprint density at radius 3 is 2.35 bits per heavy atom. The molecule has 7 heteroatoms. The maximum absolute atomic E-state index is 12.5. The maximum Gasteiger partial charge on any atom is 0.250 e. The molecule has 0 saturated carbocycles. The molecule has 1 fully saturated rings. The monoisotopic (exact) mass is 459 g/mol. The van der Waals surface area contributed by atoms with Crippen LogP contribution in [0.4, 0.5) is 11.5 Å². The van der Waals surface area contributed by atoms with E-state index in [0.29, 0.717) is 18.2 Å². The van der Waals surface area contributed by atoms with Gasteiger partial charge in [0.15, 0.2) is 0 Å². The highest BCUT2D eigenvalue weighted by Crippen LogP contribution is 2.37. The summed E-state index contributed by atoms with van der Waals surface area (Å²) < 4.78 is 6.25. The molecule has 0 radical (unpaired) electrons. The van der Waals surface area contributed by atoms with Gasteiger partial charge < -0.3 is 14.6 Å². The van der Waals surface area contributed by atoms with Gasteiger partial charge in [-0.3, -0.25) is 4.79 Å². The number of hydrogen-bond acceptors (Lipinski definition) is 4. The molecule has 2 aromatic rings. The molecule has 1 aromatic heterocycles. The number of nitrogens with zero attached hydrogens (tertiary/aromatic N) is 2. The van der Waals surface area contributed by atoms with Crippen molar-refractivity contribution in [2.45, 2.75) is 58.2 Å². The molecule has 0 unspecified atom stereocenters. The fourth-order valence-electron chi connectivity index (χ4n) is 3.47. The molecule has 3 rings (SSSR count). The van der Waals surface area contributed by atoms with E-state index in [1.165, 1.54) is 5.69 Å². The van der Waals surface area contributed by atoms with Crippen molar-refractivity contribution in [2.24, 2.45) is 5.92 Å². The quantitative estimate of drug-likeness (QED) is 0.510. The van der Waals surface area contributed by atoms with Crippen LogP contribution in [0.25, 0.3) is 0 Å². The molecule has 1 saturated heterocycles. The van der Waals surface area contributed by atoms with Crippen LogP contribution in [0.2, 0.25) is 23.2 Å². The minimum Gasteiger partial charge on any atom is -0.542 e. The van der Waals surface area contributed by atoms with Gasteiger partial charge in [-0.05, 0) is 73.3 Å². The minimum absolute atomic E-state index is 0.0236. The number of halogens is 1. The third-order valence-electron chi connectivity index (χ3n) is 6.46. The number of pyridine rings is 1. The van der Waals surface area contributed by atoms with Crippen LogP contribution in [0.3, 0.4) is 0 Å². The number of piperidine rings is 1. The molecule has 1 aliphatic rings. The Balaban J connectivity index is 1.46. The molecule has 0 spiro atoms. The molecular weight excluding hydrogens is 426 g/mol. The Morgan fingerprint density at radius 1 is 1.16 bits per heavy atom. The number of nitrogens with one attached hydrogen (secondary N) is 1. The van der Waals surface area contributed by atoms with Crippen molar-refractivity contribution in [2.75, 3.05) is 23.3 Å². The van der Waals surface area contributed by atoms with E-state index in [0.717, 1.165) is 36.7 Å². The van der Waals surface area contributed by atoms with Crippen LogP contribution in [0.5, 0.6) is 5.75 Å². The molecule has 0 aliphatic carbocycles. The number of anilines is 2. The van der Waals surface area contributed by atoms with Crippen LogP contribution in [0, 0.1) is 5.92 Å². The zero-order valence-electron chi connectivity index (χ0n) is 19.2. The lowest BCUT2D eigenvalue weighted by molar-refractivity contribution is -0.117. The van der Waals surface area contributed by atoms with Crippen molar-refractivity contribution < 1.29 is 9.22 Å². The second kappa shape index (κ2) is 9.61. The normalized spacial score (nSPS) is 15.6. The first kappa shape index (κ1) is 23.6. The van der Waals surface area contributed by atoms with Gasteiger partial charge in [0, 0.05) is 30.2 Å². The summed E-state index contributed by atoms with van der Waals surface area (Å²) in [5.41, 5.74) is 1.19. The first-order chi connectivity index (χ1) is 14.5. The second-order valence-corrected chi connectivity index (χ2v) is 15.1. The van der Waals surface area contributed by atoms with Gasteiger partial charge in [-0.25, -0.2) is 4.98 Å². The summed E-state index contributed by atoms with van der Waals surface area (Å²) in [6, 6.07) is 11.7. The standard InChI is InChI=1S/C24H34ClN3O2Si/c1-24(2,3)31(4,5)30-21-10-11-22(26-17-21)27-23(29)16-18-12-14-28(15-13-18)20-8-6-19(25)7-9-20/h6-11,17-18H,12-16H2,1-5H3,(H,26,27,29).